The average molecular weight is 299 g/mol. The highest BCUT2D eigenvalue weighted by Gasteiger charge is 2.22. The zero-order valence-corrected chi connectivity index (χ0v) is 12.3. The fraction of sp³-hybridized carbons (Fsp3) is 0.500. The number of aromatic amines is 1. The highest BCUT2D eigenvalue weighted by Crippen LogP contribution is 2.25. The summed E-state index contributed by atoms with van der Waals surface area (Å²) in [6.07, 6.45) is 4.05. The number of H-pyrrole nitrogens is 1. The maximum absolute atomic E-state index is 11.9. The van der Waals surface area contributed by atoms with Crippen molar-refractivity contribution < 1.29 is 0 Å². The molecule has 0 aromatic carbocycles. The molecule has 2 aromatic rings. The number of anilines is 2. The zero-order chi connectivity index (χ0) is 15.5. The van der Waals surface area contributed by atoms with Crippen LogP contribution in [0.15, 0.2) is 11.0 Å². The minimum absolute atomic E-state index is 0.305. The molecule has 3 rings (SSSR count). The molecule has 0 radical (unpaired) electrons. The van der Waals surface area contributed by atoms with Gasteiger partial charge in [-0.25, -0.2) is 10.1 Å². The van der Waals surface area contributed by atoms with E-state index in [1.54, 1.807) is 7.05 Å². The minimum atomic E-state index is -0.305. The van der Waals surface area contributed by atoms with Gasteiger partial charge in [0.2, 0.25) is 5.95 Å². The van der Waals surface area contributed by atoms with Crippen LogP contribution >= 0.6 is 0 Å². The van der Waals surface area contributed by atoms with E-state index in [4.69, 9.17) is 5.26 Å². The Balaban J connectivity index is 1.93. The van der Waals surface area contributed by atoms with E-state index in [-0.39, 0.29) is 5.56 Å². The van der Waals surface area contributed by atoms with E-state index in [0.29, 0.717) is 35.0 Å². The minimum Gasteiger partial charge on any atom is -0.372 e. The second kappa shape index (κ2) is 5.97. The number of hydrogen-bond acceptors (Lipinski definition) is 7. The molecule has 3 heterocycles. The fourth-order valence-corrected chi connectivity index (χ4v) is 2.78. The number of nitriles is 1. The van der Waals surface area contributed by atoms with Crippen LogP contribution in [0, 0.1) is 17.2 Å². The van der Waals surface area contributed by atoms with Gasteiger partial charge in [-0.15, -0.1) is 0 Å². The third-order valence-corrected chi connectivity index (χ3v) is 4.02. The Hall–Kier alpha value is -2.69. The molecule has 1 aliphatic heterocycles. The van der Waals surface area contributed by atoms with Crippen molar-refractivity contribution in [3.8, 4) is 6.07 Å². The van der Waals surface area contributed by atoms with E-state index in [0.717, 1.165) is 25.9 Å². The van der Waals surface area contributed by atoms with E-state index < -0.39 is 0 Å². The Morgan fingerprint density at radius 1 is 1.45 bits per heavy atom. The topological polar surface area (TPSA) is 111 Å². The molecule has 1 aliphatic rings. The first-order valence-corrected chi connectivity index (χ1v) is 7.28. The van der Waals surface area contributed by atoms with Crippen LogP contribution in [0.4, 0.5) is 11.8 Å². The van der Waals surface area contributed by atoms with Gasteiger partial charge in [-0.1, -0.05) is 0 Å². The van der Waals surface area contributed by atoms with Gasteiger partial charge in [0.25, 0.3) is 5.56 Å². The SMILES string of the molecule is CNc1nc(N2CCC(CC#N)CC2)nc2cn[nH]c(=O)c12. The summed E-state index contributed by atoms with van der Waals surface area (Å²) in [5.41, 5.74) is 0.221. The van der Waals surface area contributed by atoms with Crippen molar-refractivity contribution in [2.75, 3.05) is 30.4 Å². The summed E-state index contributed by atoms with van der Waals surface area (Å²) in [4.78, 5) is 22.9. The zero-order valence-electron chi connectivity index (χ0n) is 12.3. The molecule has 22 heavy (non-hydrogen) atoms. The Morgan fingerprint density at radius 3 is 2.91 bits per heavy atom. The van der Waals surface area contributed by atoms with Crippen LogP contribution in [0.1, 0.15) is 19.3 Å². The largest absolute Gasteiger partial charge is 0.372 e. The van der Waals surface area contributed by atoms with Crippen LogP contribution in [0.2, 0.25) is 0 Å². The first-order chi connectivity index (χ1) is 10.7. The normalized spacial score (nSPS) is 15.7. The predicted molar refractivity (Wildman–Crippen MR) is 82.7 cm³/mol. The van der Waals surface area contributed by atoms with E-state index >= 15 is 0 Å². The number of nitrogens with one attached hydrogen (secondary N) is 2. The van der Waals surface area contributed by atoms with Crippen LogP contribution in [-0.2, 0) is 0 Å². The summed E-state index contributed by atoms with van der Waals surface area (Å²) in [7, 11) is 1.73. The highest BCUT2D eigenvalue weighted by atomic mass is 16.1. The van der Waals surface area contributed by atoms with Crippen LogP contribution in [0.25, 0.3) is 10.9 Å². The molecule has 8 nitrogen and oxygen atoms in total. The summed E-state index contributed by atoms with van der Waals surface area (Å²) in [5.74, 6) is 1.55. The van der Waals surface area contributed by atoms with Gasteiger partial charge < -0.3 is 10.2 Å². The van der Waals surface area contributed by atoms with Gasteiger partial charge in [0.05, 0.1) is 12.3 Å². The lowest BCUT2D eigenvalue weighted by Gasteiger charge is -2.31. The Morgan fingerprint density at radius 2 is 2.23 bits per heavy atom. The maximum atomic E-state index is 11.9. The van der Waals surface area contributed by atoms with Gasteiger partial charge in [-0.3, -0.25) is 4.79 Å². The number of piperidine rings is 1. The molecule has 1 saturated heterocycles. The van der Waals surface area contributed by atoms with E-state index in [1.165, 1.54) is 6.20 Å². The van der Waals surface area contributed by atoms with Crippen molar-refractivity contribution in [2.24, 2.45) is 5.92 Å². The predicted octanol–water partition coefficient (Wildman–Crippen LogP) is 0.885. The second-order valence-corrected chi connectivity index (χ2v) is 5.37. The monoisotopic (exact) mass is 299 g/mol. The molecule has 8 heteroatoms. The third kappa shape index (κ3) is 2.57. The van der Waals surface area contributed by atoms with Gasteiger partial charge in [0.1, 0.15) is 16.7 Å². The lowest BCUT2D eigenvalue weighted by atomic mass is 9.94. The quantitative estimate of drug-likeness (QED) is 0.865. The van der Waals surface area contributed by atoms with Crippen molar-refractivity contribution in [3.63, 3.8) is 0 Å². The molecule has 0 aliphatic carbocycles. The number of nitrogens with zero attached hydrogens (tertiary/aromatic N) is 5. The van der Waals surface area contributed by atoms with E-state index in [9.17, 15) is 4.79 Å². The lowest BCUT2D eigenvalue weighted by molar-refractivity contribution is 0.409. The standard InChI is InChI=1S/C14H17N7O/c1-16-12-11-10(8-17-20-13(11)22)18-14(19-12)21-6-3-9(2-5-15)4-7-21/h8-9H,2-4,6-7H2,1H3,(H,20,22)(H,16,18,19). The fourth-order valence-electron chi connectivity index (χ4n) is 2.78. The highest BCUT2D eigenvalue weighted by molar-refractivity contribution is 5.88. The van der Waals surface area contributed by atoms with Gasteiger partial charge in [-0.05, 0) is 18.8 Å². The molecular weight excluding hydrogens is 282 g/mol. The van der Waals surface area contributed by atoms with Gasteiger partial charge in [-0.2, -0.15) is 15.3 Å². The first-order valence-electron chi connectivity index (χ1n) is 7.28. The molecule has 0 saturated carbocycles. The molecule has 0 unspecified atom stereocenters. The number of rotatable bonds is 3. The average Bonchev–Trinajstić information content (AvgIpc) is 2.55. The van der Waals surface area contributed by atoms with E-state index in [2.05, 4.69) is 36.5 Å². The first kappa shape index (κ1) is 14.3. The summed E-state index contributed by atoms with van der Waals surface area (Å²) in [6.45, 7) is 1.63. The van der Waals surface area contributed by atoms with Gasteiger partial charge >= 0.3 is 0 Å². The molecule has 0 bridgehead atoms. The maximum Gasteiger partial charge on any atom is 0.277 e. The molecule has 0 spiro atoms. The number of aromatic nitrogens is 4. The summed E-state index contributed by atoms with van der Waals surface area (Å²) < 4.78 is 0. The summed E-state index contributed by atoms with van der Waals surface area (Å²) in [5, 5.41) is 18.3. The Bertz CT molecular complexity index is 771. The van der Waals surface area contributed by atoms with Gasteiger partial charge in [0.15, 0.2) is 0 Å². The number of fused-ring (bicyclic) bond motifs is 1. The van der Waals surface area contributed by atoms with Crippen molar-refractivity contribution in [3.05, 3.63) is 16.6 Å². The van der Waals surface area contributed by atoms with Crippen molar-refractivity contribution >= 4 is 22.7 Å². The summed E-state index contributed by atoms with van der Waals surface area (Å²) >= 11 is 0. The molecular formula is C14H17N7O. The Labute approximate surface area is 127 Å². The molecule has 114 valence electrons. The van der Waals surface area contributed by atoms with Crippen molar-refractivity contribution in [1.82, 2.24) is 20.2 Å². The molecule has 1 fully saturated rings. The third-order valence-electron chi connectivity index (χ3n) is 4.02. The smallest absolute Gasteiger partial charge is 0.277 e. The van der Waals surface area contributed by atoms with Crippen LogP contribution in [-0.4, -0.2) is 40.3 Å². The second-order valence-electron chi connectivity index (χ2n) is 5.37. The molecule has 0 amide bonds. The summed E-state index contributed by atoms with van der Waals surface area (Å²) in [6, 6.07) is 2.23. The van der Waals surface area contributed by atoms with E-state index in [1.807, 2.05) is 0 Å². The lowest BCUT2D eigenvalue weighted by Crippen LogP contribution is -2.35. The van der Waals surface area contributed by atoms with Crippen molar-refractivity contribution in [2.45, 2.75) is 19.3 Å². The molecule has 2 N–H and O–H groups in total. The van der Waals surface area contributed by atoms with Crippen LogP contribution < -0.4 is 15.8 Å². The van der Waals surface area contributed by atoms with Gasteiger partial charge in [0, 0.05) is 26.6 Å². The molecule has 0 atom stereocenters. The Kier molecular flexibility index (Phi) is 3.87. The van der Waals surface area contributed by atoms with Crippen molar-refractivity contribution in [1.29, 1.82) is 5.26 Å². The number of hydrogen-bond donors (Lipinski definition) is 2. The van der Waals surface area contributed by atoms with Crippen LogP contribution in [0.5, 0.6) is 0 Å². The van der Waals surface area contributed by atoms with Crippen LogP contribution in [0.3, 0.4) is 0 Å². The molecule has 2 aromatic heterocycles.